The zero-order valence-corrected chi connectivity index (χ0v) is 12.3. The van der Waals surface area contributed by atoms with Crippen LogP contribution >= 0.6 is 12.4 Å². The number of ether oxygens (including phenoxy) is 1. The lowest BCUT2D eigenvalue weighted by atomic mass is 10.0. The van der Waals surface area contributed by atoms with Gasteiger partial charge in [0.15, 0.2) is 0 Å². The first kappa shape index (κ1) is 17.0. The number of nitrogens with two attached hydrogens (primary N) is 1. The fourth-order valence-electron chi connectivity index (χ4n) is 1.60. The third kappa shape index (κ3) is 6.08. The van der Waals surface area contributed by atoms with Gasteiger partial charge in [0.1, 0.15) is 11.4 Å². The molecule has 2 N–H and O–H groups in total. The minimum absolute atomic E-state index is 0. The predicted molar refractivity (Wildman–Crippen MR) is 80.4 cm³/mol. The number of rotatable bonds is 5. The van der Waals surface area contributed by atoms with E-state index in [9.17, 15) is 0 Å². The Bertz CT molecular complexity index is 354. The molecule has 0 unspecified atom stereocenters. The molecule has 102 valence electrons. The maximum atomic E-state index is 6.07. The Kier molecular flexibility index (Phi) is 7.04. The number of hydrogen-bond donors (Lipinski definition) is 1. The van der Waals surface area contributed by atoms with Crippen molar-refractivity contribution in [1.82, 2.24) is 0 Å². The Hall–Kier alpha value is -0.990. The first-order chi connectivity index (χ1) is 7.92. The highest BCUT2D eigenvalue weighted by Crippen LogP contribution is 2.22. The summed E-state index contributed by atoms with van der Waals surface area (Å²) in [5.74, 6) is 0.886. The number of allylic oxidation sites excluding steroid dienone is 1. The minimum Gasteiger partial charge on any atom is -0.488 e. The molecular weight excluding hydrogens is 246 g/mol. The highest BCUT2D eigenvalue weighted by atomic mass is 35.5. The molecule has 0 radical (unpaired) electrons. The molecule has 0 heterocycles. The molecule has 0 amide bonds. The van der Waals surface area contributed by atoms with Crippen molar-refractivity contribution in [3.8, 4) is 5.75 Å². The molecule has 1 aromatic rings. The van der Waals surface area contributed by atoms with E-state index in [2.05, 4.69) is 6.58 Å². The molecule has 0 aliphatic heterocycles. The highest BCUT2D eigenvalue weighted by molar-refractivity contribution is 5.85. The molecule has 2 nitrogen and oxygen atoms in total. The van der Waals surface area contributed by atoms with Gasteiger partial charge in [-0.25, -0.2) is 0 Å². The van der Waals surface area contributed by atoms with Gasteiger partial charge in [-0.05, 0) is 51.3 Å². The van der Waals surface area contributed by atoms with Gasteiger partial charge in [0, 0.05) is 6.04 Å². The van der Waals surface area contributed by atoms with Crippen LogP contribution in [0.2, 0.25) is 0 Å². The van der Waals surface area contributed by atoms with E-state index in [0.29, 0.717) is 0 Å². The van der Waals surface area contributed by atoms with Crippen molar-refractivity contribution >= 4 is 12.4 Å². The van der Waals surface area contributed by atoms with Gasteiger partial charge in [0.05, 0.1) is 0 Å². The molecule has 0 saturated heterocycles. The third-order valence-corrected chi connectivity index (χ3v) is 2.41. The van der Waals surface area contributed by atoms with E-state index in [4.69, 9.17) is 10.5 Å². The second-order valence-corrected chi connectivity index (χ2v) is 5.26. The van der Waals surface area contributed by atoms with Gasteiger partial charge in [-0.3, -0.25) is 0 Å². The van der Waals surface area contributed by atoms with E-state index < -0.39 is 0 Å². The normalized spacial score (nSPS) is 12.4. The first-order valence-corrected chi connectivity index (χ1v) is 6.08. The standard InChI is InChI=1S/C15H23NO.ClH/c1-5-6-7-14(16)12-8-10-13(11-9-12)17-15(2,3)4;/h5,8-11,14H,1,6-7,16H2,2-4H3;1H/t14-;/m0./s1. The van der Waals surface area contributed by atoms with Crippen LogP contribution < -0.4 is 10.5 Å². The Morgan fingerprint density at radius 2 is 1.83 bits per heavy atom. The number of hydrogen-bond acceptors (Lipinski definition) is 2. The molecule has 0 bridgehead atoms. The van der Waals surface area contributed by atoms with Crippen LogP contribution in [0.5, 0.6) is 5.75 Å². The van der Waals surface area contributed by atoms with E-state index in [-0.39, 0.29) is 24.0 Å². The fraction of sp³-hybridized carbons (Fsp3) is 0.467. The molecule has 1 atom stereocenters. The monoisotopic (exact) mass is 269 g/mol. The maximum Gasteiger partial charge on any atom is 0.120 e. The summed E-state index contributed by atoms with van der Waals surface area (Å²) in [4.78, 5) is 0. The largest absolute Gasteiger partial charge is 0.488 e. The number of halogens is 1. The summed E-state index contributed by atoms with van der Waals surface area (Å²) in [5, 5.41) is 0. The van der Waals surface area contributed by atoms with Gasteiger partial charge < -0.3 is 10.5 Å². The van der Waals surface area contributed by atoms with E-state index >= 15 is 0 Å². The van der Waals surface area contributed by atoms with Crippen LogP contribution in [0.4, 0.5) is 0 Å². The van der Waals surface area contributed by atoms with Gasteiger partial charge in [0.2, 0.25) is 0 Å². The quantitative estimate of drug-likeness (QED) is 0.811. The molecule has 0 spiro atoms. The van der Waals surface area contributed by atoms with Crippen LogP contribution in [0.25, 0.3) is 0 Å². The lowest BCUT2D eigenvalue weighted by Gasteiger charge is -2.21. The van der Waals surface area contributed by atoms with E-state index in [1.165, 1.54) is 0 Å². The fourth-order valence-corrected chi connectivity index (χ4v) is 1.60. The Labute approximate surface area is 117 Å². The van der Waals surface area contributed by atoms with Crippen molar-refractivity contribution in [1.29, 1.82) is 0 Å². The zero-order chi connectivity index (χ0) is 12.9. The van der Waals surface area contributed by atoms with Crippen molar-refractivity contribution in [3.05, 3.63) is 42.5 Å². The van der Waals surface area contributed by atoms with Crippen molar-refractivity contribution in [2.45, 2.75) is 45.3 Å². The van der Waals surface area contributed by atoms with Gasteiger partial charge in [-0.1, -0.05) is 18.2 Å². The molecular formula is C15H24ClNO. The summed E-state index contributed by atoms with van der Waals surface area (Å²) >= 11 is 0. The molecule has 0 saturated carbocycles. The van der Waals surface area contributed by atoms with E-state index in [1.807, 2.05) is 51.1 Å². The highest BCUT2D eigenvalue weighted by Gasteiger charge is 2.12. The summed E-state index contributed by atoms with van der Waals surface area (Å²) in [6.07, 6.45) is 3.78. The smallest absolute Gasteiger partial charge is 0.120 e. The third-order valence-electron chi connectivity index (χ3n) is 2.41. The summed E-state index contributed by atoms with van der Waals surface area (Å²) in [5.41, 5.74) is 7.06. The summed E-state index contributed by atoms with van der Waals surface area (Å²) in [7, 11) is 0. The molecule has 0 fully saturated rings. The van der Waals surface area contributed by atoms with Gasteiger partial charge in [-0.2, -0.15) is 0 Å². The van der Waals surface area contributed by atoms with Crippen LogP contribution in [-0.2, 0) is 0 Å². The minimum atomic E-state index is -0.160. The predicted octanol–water partition coefficient (Wildman–Crippen LogP) is 4.25. The Balaban J connectivity index is 0.00000289. The van der Waals surface area contributed by atoms with Gasteiger partial charge >= 0.3 is 0 Å². The van der Waals surface area contributed by atoms with Crippen LogP contribution in [0.15, 0.2) is 36.9 Å². The van der Waals surface area contributed by atoms with Gasteiger partial charge in [-0.15, -0.1) is 19.0 Å². The SMILES string of the molecule is C=CCC[C@H](N)c1ccc(OC(C)(C)C)cc1.Cl. The van der Waals surface area contributed by atoms with Crippen molar-refractivity contribution in [2.24, 2.45) is 5.73 Å². The van der Waals surface area contributed by atoms with Gasteiger partial charge in [0.25, 0.3) is 0 Å². The molecule has 0 aliphatic carbocycles. The second kappa shape index (κ2) is 7.45. The van der Waals surface area contributed by atoms with Crippen LogP contribution in [0.3, 0.4) is 0 Å². The van der Waals surface area contributed by atoms with Crippen LogP contribution in [-0.4, -0.2) is 5.60 Å². The molecule has 0 aromatic heterocycles. The average Bonchev–Trinajstić information content (AvgIpc) is 2.24. The first-order valence-electron chi connectivity index (χ1n) is 6.08. The molecule has 3 heteroatoms. The molecule has 18 heavy (non-hydrogen) atoms. The molecule has 1 aromatic carbocycles. The average molecular weight is 270 g/mol. The summed E-state index contributed by atoms with van der Waals surface area (Å²) in [6, 6.07) is 8.11. The second-order valence-electron chi connectivity index (χ2n) is 5.26. The van der Waals surface area contributed by atoms with E-state index in [1.54, 1.807) is 0 Å². The van der Waals surface area contributed by atoms with Crippen LogP contribution in [0.1, 0.15) is 45.2 Å². The number of benzene rings is 1. The van der Waals surface area contributed by atoms with E-state index in [0.717, 1.165) is 24.2 Å². The molecule has 0 aliphatic rings. The summed E-state index contributed by atoms with van der Waals surface area (Å²) in [6.45, 7) is 9.82. The van der Waals surface area contributed by atoms with Crippen molar-refractivity contribution in [2.75, 3.05) is 0 Å². The van der Waals surface area contributed by atoms with Crippen molar-refractivity contribution in [3.63, 3.8) is 0 Å². The lowest BCUT2D eigenvalue weighted by molar-refractivity contribution is 0.131. The molecule has 1 rings (SSSR count). The Morgan fingerprint density at radius 1 is 1.28 bits per heavy atom. The zero-order valence-electron chi connectivity index (χ0n) is 11.5. The lowest BCUT2D eigenvalue weighted by Crippen LogP contribution is -2.22. The maximum absolute atomic E-state index is 6.07. The topological polar surface area (TPSA) is 35.2 Å². The summed E-state index contributed by atoms with van der Waals surface area (Å²) < 4.78 is 5.76. The Morgan fingerprint density at radius 3 is 2.28 bits per heavy atom. The van der Waals surface area contributed by atoms with Crippen molar-refractivity contribution < 1.29 is 4.74 Å². The van der Waals surface area contributed by atoms with Crippen LogP contribution in [0, 0.1) is 0 Å².